The number of anilines is 1. The Balaban J connectivity index is 1.67. The molecular weight excluding hydrogens is 360 g/mol. The summed E-state index contributed by atoms with van der Waals surface area (Å²) in [5.74, 6) is 0.328. The normalized spacial score (nSPS) is 19.9. The van der Waals surface area contributed by atoms with Gasteiger partial charge in [-0.25, -0.2) is 0 Å². The minimum atomic E-state index is -0.0217. The number of para-hydroxylation sites is 1. The second-order valence-electron chi connectivity index (χ2n) is 8.11. The Kier molecular flexibility index (Phi) is 7.45. The van der Waals surface area contributed by atoms with Crippen molar-refractivity contribution in [2.45, 2.75) is 58.5 Å². The molecule has 1 N–H and O–H groups in total. The molecule has 0 radical (unpaired) electrons. The first kappa shape index (κ1) is 21.1. The fraction of sp³-hybridized carbons (Fsp3) is 0.440. The van der Waals surface area contributed by atoms with Gasteiger partial charge in [0.2, 0.25) is 11.8 Å². The van der Waals surface area contributed by atoms with Gasteiger partial charge in [-0.15, -0.1) is 0 Å². The third-order valence-corrected chi connectivity index (χ3v) is 5.97. The highest BCUT2D eigenvalue weighted by Gasteiger charge is 2.33. The predicted octanol–water partition coefficient (Wildman–Crippen LogP) is 4.94. The highest BCUT2D eigenvalue weighted by Crippen LogP contribution is 2.32. The minimum absolute atomic E-state index is 0.0217. The van der Waals surface area contributed by atoms with Crippen LogP contribution in [0.1, 0.15) is 51.5 Å². The number of amides is 2. The number of rotatable bonds is 7. The minimum Gasteiger partial charge on any atom is -0.353 e. The van der Waals surface area contributed by atoms with Crippen LogP contribution in [0.4, 0.5) is 5.69 Å². The zero-order valence-electron chi connectivity index (χ0n) is 17.5. The van der Waals surface area contributed by atoms with E-state index < -0.39 is 0 Å². The van der Waals surface area contributed by atoms with Crippen molar-refractivity contribution in [3.05, 3.63) is 66.2 Å². The summed E-state index contributed by atoms with van der Waals surface area (Å²) in [6.07, 6.45) is 4.05. The molecule has 0 aromatic heterocycles. The molecule has 154 valence electrons. The molecule has 29 heavy (non-hydrogen) atoms. The van der Waals surface area contributed by atoms with Gasteiger partial charge < -0.3 is 10.2 Å². The lowest BCUT2D eigenvalue weighted by molar-refractivity contribution is -0.129. The van der Waals surface area contributed by atoms with Crippen LogP contribution in [-0.4, -0.2) is 17.9 Å². The van der Waals surface area contributed by atoms with Gasteiger partial charge in [0.1, 0.15) is 0 Å². The van der Waals surface area contributed by atoms with E-state index in [-0.39, 0.29) is 29.7 Å². The largest absolute Gasteiger partial charge is 0.353 e. The molecule has 1 unspecified atom stereocenters. The molecule has 2 amide bonds. The molecule has 0 bridgehead atoms. The maximum absolute atomic E-state index is 13.4. The summed E-state index contributed by atoms with van der Waals surface area (Å²) in [6, 6.07) is 20.2. The molecule has 0 aliphatic heterocycles. The fourth-order valence-electron chi connectivity index (χ4n) is 3.96. The Hall–Kier alpha value is -2.62. The van der Waals surface area contributed by atoms with E-state index in [2.05, 4.69) is 24.4 Å². The van der Waals surface area contributed by atoms with E-state index in [9.17, 15) is 9.59 Å². The van der Waals surface area contributed by atoms with Crippen LogP contribution in [0.5, 0.6) is 0 Å². The summed E-state index contributed by atoms with van der Waals surface area (Å²) in [7, 11) is 0. The molecule has 0 heterocycles. The molecule has 1 saturated carbocycles. The maximum Gasteiger partial charge on any atom is 0.230 e. The van der Waals surface area contributed by atoms with Crippen molar-refractivity contribution >= 4 is 17.5 Å². The van der Waals surface area contributed by atoms with Crippen molar-refractivity contribution < 1.29 is 9.59 Å². The average molecular weight is 393 g/mol. The van der Waals surface area contributed by atoms with Crippen LogP contribution in [0.2, 0.25) is 0 Å². The number of carbonyl (C=O) groups excluding carboxylic acids is 2. The third-order valence-electron chi connectivity index (χ3n) is 5.97. The Morgan fingerprint density at radius 3 is 2.07 bits per heavy atom. The first-order chi connectivity index (χ1) is 14.1. The monoisotopic (exact) mass is 392 g/mol. The molecule has 4 nitrogen and oxygen atoms in total. The molecule has 2 aromatic carbocycles. The van der Waals surface area contributed by atoms with Gasteiger partial charge in [-0.3, -0.25) is 9.59 Å². The molecular formula is C25H32N2O2. The number of nitrogens with zero attached hydrogens (tertiary/aromatic N) is 1. The Morgan fingerprint density at radius 1 is 0.931 bits per heavy atom. The van der Waals surface area contributed by atoms with Gasteiger partial charge in [0.15, 0.2) is 0 Å². The van der Waals surface area contributed by atoms with Gasteiger partial charge in [-0.1, -0.05) is 55.5 Å². The van der Waals surface area contributed by atoms with Crippen molar-refractivity contribution in [2.24, 2.45) is 11.8 Å². The van der Waals surface area contributed by atoms with Crippen LogP contribution in [-0.2, 0) is 16.1 Å². The fourth-order valence-corrected chi connectivity index (χ4v) is 3.96. The number of nitrogens with one attached hydrogen (secondary N) is 1. The summed E-state index contributed by atoms with van der Waals surface area (Å²) in [5, 5.41) is 3.09. The van der Waals surface area contributed by atoms with Crippen LogP contribution >= 0.6 is 0 Å². The van der Waals surface area contributed by atoms with Gasteiger partial charge in [-0.2, -0.15) is 0 Å². The summed E-state index contributed by atoms with van der Waals surface area (Å²) >= 11 is 0. The Labute approximate surface area is 174 Å². The van der Waals surface area contributed by atoms with Gasteiger partial charge in [0.05, 0.1) is 6.54 Å². The molecule has 2 aromatic rings. The molecule has 1 aliphatic rings. The smallest absolute Gasteiger partial charge is 0.230 e. The van der Waals surface area contributed by atoms with E-state index in [1.807, 2.05) is 60.4 Å². The lowest BCUT2D eigenvalue weighted by Crippen LogP contribution is -2.41. The second kappa shape index (κ2) is 10.2. The molecule has 1 aliphatic carbocycles. The van der Waals surface area contributed by atoms with Gasteiger partial charge in [0, 0.05) is 23.6 Å². The van der Waals surface area contributed by atoms with Crippen molar-refractivity contribution in [3.63, 3.8) is 0 Å². The van der Waals surface area contributed by atoms with E-state index in [0.717, 1.165) is 43.4 Å². The molecule has 3 rings (SSSR count). The topological polar surface area (TPSA) is 49.4 Å². The quantitative estimate of drug-likeness (QED) is 0.725. The van der Waals surface area contributed by atoms with Gasteiger partial charge >= 0.3 is 0 Å². The summed E-state index contributed by atoms with van der Waals surface area (Å²) in [4.78, 5) is 27.8. The van der Waals surface area contributed by atoms with E-state index >= 15 is 0 Å². The number of carbonyl (C=O) groups is 2. The van der Waals surface area contributed by atoms with Crippen LogP contribution in [0, 0.1) is 11.8 Å². The predicted molar refractivity (Wildman–Crippen MR) is 117 cm³/mol. The average Bonchev–Trinajstić information content (AvgIpc) is 2.78. The third kappa shape index (κ3) is 5.69. The van der Waals surface area contributed by atoms with E-state index in [0.29, 0.717) is 6.54 Å². The molecule has 1 atom stereocenters. The van der Waals surface area contributed by atoms with Crippen LogP contribution in [0.25, 0.3) is 0 Å². The van der Waals surface area contributed by atoms with Crippen molar-refractivity contribution in [1.82, 2.24) is 5.32 Å². The summed E-state index contributed by atoms with van der Waals surface area (Å²) < 4.78 is 0. The van der Waals surface area contributed by atoms with Crippen molar-refractivity contribution in [2.75, 3.05) is 4.90 Å². The number of hydrogen-bond donors (Lipinski definition) is 1. The molecule has 1 fully saturated rings. The highest BCUT2D eigenvalue weighted by atomic mass is 16.2. The van der Waals surface area contributed by atoms with Crippen molar-refractivity contribution in [1.29, 1.82) is 0 Å². The van der Waals surface area contributed by atoms with Gasteiger partial charge in [0.25, 0.3) is 0 Å². The summed E-state index contributed by atoms with van der Waals surface area (Å²) in [5.41, 5.74) is 2.05. The molecule has 0 saturated heterocycles. The van der Waals surface area contributed by atoms with Crippen LogP contribution in [0.3, 0.4) is 0 Å². The second-order valence-corrected chi connectivity index (χ2v) is 8.11. The van der Waals surface area contributed by atoms with Crippen LogP contribution in [0.15, 0.2) is 60.7 Å². The highest BCUT2D eigenvalue weighted by molar-refractivity contribution is 5.95. The Morgan fingerprint density at radius 2 is 1.48 bits per heavy atom. The maximum atomic E-state index is 13.4. The summed E-state index contributed by atoms with van der Waals surface area (Å²) in [6.45, 7) is 4.68. The van der Waals surface area contributed by atoms with E-state index in [1.54, 1.807) is 0 Å². The Bertz CT molecular complexity index is 783. The molecule has 0 spiro atoms. The number of hydrogen-bond acceptors (Lipinski definition) is 2. The first-order valence-corrected chi connectivity index (χ1v) is 10.8. The lowest BCUT2D eigenvalue weighted by Gasteiger charge is -2.32. The molecule has 4 heteroatoms. The van der Waals surface area contributed by atoms with Crippen molar-refractivity contribution in [3.8, 4) is 0 Å². The zero-order chi connectivity index (χ0) is 20.6. The van der Waals surface area contributed by atoms with E-state index in [4.69, 9.17) is 0 Å². The van der Waals surface area contributed by atoms with Gasteiger partial charge in [-0.05, 0) is 56.7 Å². The zero-order valence-corrected chi connectivity index (χ0v) is 17.5. The lowest BCUT2D eigenvalue weighted by atomic mass is 9.80. The standard InChI is InChI=1S/C25H32N2O2/c1-3-19(2)26-24(28)21-14-16-22(17-15-21)25(29)27(23-12-8-5-9-13-23)18-20-10-6-4-7-11-20/h4-13,19,21-22H,3,14-18H2,1-2H3,(H,26,28). The van der Waals surface area contributed by atoms with E-state index in [1.165, 1.54) is 0 Å². The van der Waals surface area contributed by atoms with Crippen LogP contribution < -0.4 is 10.2 Å². The first-order valence-electron chi connectivity index (χ1n) is 10.8. The SMILES string of the molecule is CCC(C)NC(=O)C1CCC(C(=O)N(Cc2ccccc2)c2ccccc2)CC1. The number of benzene rings is 2.